The van der Waals surface area contributed by atoms with Gasteiger partial charge in [-0.15, -0.1) is 0 Å². The topological polar surface area (TPSA) is 79.3 Å². The lowest BCUT2D eigenvalue weighted by Crippen LogP contribution is -2.29. The van der Waals surface area contributed by atoms with Gasteiger partial charge >= 0.3 is 5.97 Å². The van der Waals surface area contributed by atoms with Crippen molar-refractivity contribution in [3.63, 3.8) is 0 Å². The van der Waals surface area contributed by atoms with Crippen LogP contribution in [0.5, 0.6) is 0 Å². The number of benzene rings is 1. The van der Waals surface area contributed by atoms with Crippen molar-refractivity contribution < 1.29 is 14.7 Å². The fraction of sp³-hybridized carbons (Fsp3) is 0.154. The summed E-state index contributed by atoms with van der Waals surface area (Å²) in [5, 5.41) is 11.6. The Balaban J connectivity index is 0.00000162. The molecule has 2 N–H and O–H groups in total. The summed E-state index contributed by atoms with van der Waals surface area (Å²) in [6, 6.07) is 10.7. The summed E-state index contributed by atoms with van der Waals surface area (Å²) in [6.45, 7) is -0.409. The molecule has 1 aromatic carbocycles. The van der Waals surface area contributed by atoms with E-state index in [4.69, 9.17) is 5.11 Å². The molecule has 0 saturated heterocycles. The second kappa shape index (κ2) is 5.77. The minimum absolute atomic E-state index is 0. The molecule has 0 fully saturated rings. The predicted molar refractivity (Wildman–Crippen MR) is 68.4 cm³/mol. The molecule has 18 heavy (non-hydrogen) atoms. The molecule has 0 bridgehead atoms. The number of carboxylic acids is 1. The maximum Gasteiger partial charge on any atom is 0.322 e. The standard InChI is InChI=1S/C12H10N2O3.CH4/c15-11(16)7-13-12(17)10-6-5-8-3-1-2-4-9(8)14-10;/h1-6H,7H2,(H,13,17)(H,15,16);1H4. The van der Waals surface area contributed by atoms with E-state index >= 15 is 0 Å². The molecule has 5 heteroatoms. The van der Waals surface area contributed by atoms with Crippen LogP contribution in [0.1, 0.15) is 17.9 Å². The van der Waals surface area contributed by atoms with Crippen LogP contribution in [0, 0.1) is 0 Å². The van der Waals surface area contributed by atoms with E-state index in [1.807, 2.05) is 18.2 Å². The molecule has 2 aromatic rings. The van der Waals surface area contributed by atoms with Crippen LogP contribution in [-0.4, -0.2) is 28.5 Å². The third-order valence-corrected chi connectivity index (χ3v) is 2.23. The number of pyridine rings is 1. The van der Waals surface area contributed by atoms with Gasteiger partial charge in [-0.3, -0.25) is 9.59 Å². The van der Waals surface area contributed by atoms with E-state index in [2.05, 4.69) is 10.3 Å². The lowest BCUT2D eigenvalue weighted by Gasteiger charge is -2.03. The summed E-state index contributed by atoms with van der Waals surface area (Å²) in [6.07, 6.45) is 0. The first kappa shape index (κ1) is 13.6. The van der Waals surface area contributed by atoms with Crippen LogP contribution >= 0.6 is 0 Å². The van der Waals surface area contributed by atoms with Gasteiger partial charge in [0.25, 0.3) is 5.91 Å². The zero-order chi connectivity index (χ0) is 12.3. The van der Waals surface area contributed by atoms with Crippen LogP contribution in [0.4, 0.5) is 0 Å². The minimum atomic E-state index is -1.08. The van der Waals surface area contributed by atoms with Gasteiger partial charge in [0.05, 0.1) is 5.52 Å². The van der Waals surface area contributed by atoms with Crippen molar-refractivity contribution in [2.75, 3.05) is 6.54 Å². The van der Waals surface area contributed by atoms with E-state index in [1.54, 1.807) is 18.2 Å². The Morgan fingerprint density at radius 1 is 1.17 bits per heavy atom. The first-order valence-electron chi connectivity index (χ1n) is 5.02. The summed E-state index contributed by atoms with van der Waals surface area (Å²) in [7, 11) is 0. The van der Waals surface area contributed by atoms with Gasteiger partial charge in [-0.25, -0.2) is 4.98 Å². The minimum Gasteiger partial charge on any atom is -0.480 e. The maximum absolute atomic E-state index is 11.6. The van der Waals surface area contributed by atoms with Crippen molar-refractivity contribution in [2.24, 2.45) is 0 Å². The van der Waals surface area contributed by atoms with E-state index in [9.17, 15) is 9.59 Å². The molecule has 1 heterocycles. The Hall–Kier alpha value is -2.43. The normalized spacial score (nSPS) is 9.56. The molecule has 2 rings (SSSR count). The second-order valence-corrected chi connectivity index (χ2v) is 3.47. The smallest absolute Gasteiger partial charge is 0.322 e. The number of nitrogens with zero attached hydrogens (tertiary/aromatic N) is 1. The van der Waals surface area contributed by atoms with E-state index in [0.717, 1.165) is 5.39 Å². The number of aliphatic carboxylic acids is 1. The fourth-order valence-electron chi connectivity index (χ4n) is 1.44. The maximum atomic E-state index is 11.6. The van der Waals surface area contributed by atoms with Crippen LogP contribution in [0.25, 0.3) is 10.9 Å². The first-order valence-corrected chi connectivity index (χ1v) is 5.02. The third kappa shape index (κ3) is 3.04. The van der Waals surface area contributed by atoms with Crippen molar-refractivity contribution >= 4 is 22.8 Å². The number of aromatic nitrogens is 1. The Bertz CT molecular complexity index is 581. The number of fused-ring (bicyclic) bond motifs is 1. The van der Waals surface area contributed by atoms with E-state index in [0.29, 0.717) is 5.52 Å². The molecule has 1 amide bonds. The number of hydrogen-bond donors (Lipinski definition) is 2. The molecule has 0 unspecified atom stereocenters. The van der Waals surface area contributed by atoms with Crippen LogP contribution in [-0.2, 0) is 4.79 Å². The van der Waals surface area contributed by atoms with Crippen LogP contribution in [0.2, 0.25) is 0 Å². The molecule has 0 atom stereocenters. The number of para-hydroxylation sites is 1. The zero-order valence-electron chi connectivity index (χ0n) is 8.88. The molecular formula is C13H14N2O3. The molecule has 0 spiro atoms. The van der Waals surface area contributed by atoms with Gasteiger partial charge in [-0.2, -0.15) is 0 Å². The first-order chi connectivity index (χ1) is 8.16. The molecule has 0 aliphatic heterocycles. The highest BCUT2D eigenvalue weighted by Gasteiger charge is 2.08. The molecule has 0 radical (unpaired) electrons. The number of rotatable bonds is 3. The fourth-order valence-corrected chi connectivity index (χ4v) is 1.44. The Morgan fingerprint density at radius 3 is 2.61 bits per heavy atom. The van der Waals surface area contributed by atoms with Crippen molar-refractivity contribution in [2.45, 2.75) is 7.43 Å². The molecule has 94 valence electrons. The number of carbonyl (C=O) groups is 2. The highest BCUT2D eigenvalue weighted by atomic mass is 16.4. The van der Waals surface area contributed by atoms with Crippen molar-refractivity contribution in [3.05, 3.63) is 42.1 Å². The summed E-state index contributed by atoms with van der Waals surface area (Å²) in [5.74, 6) is -1.57. The number of carboxylic acid groups (broad SMARTS) is 1. The lowest BCUT2D eigenvalue weighted by molar-refractivity contribution is -0.135. The summed E-state index contributed by atoms with van der Waals surface area (Å²) < 4.78 is 0. The molecule has 0 aliphatic rings. The van der Waals surface area contributed by atoms with Gasteiger partial charge in [-0.05, 0) is 12.1 Å². The molecule has 0 saturated carbocycles. The van der Waals surface area contributed by atoms with Gasteiger partial charge < -0.3 is 10.4 Å². The third-order valence-electron chi connectivity index (χ3n) is 2.23. The highest BCUT2D eigenvalue weighted by Crippen LogP contribution is 2.11. The molecule has 0 aliphatic carbocycles. The quantitative estimate of drug-likeness (QED) is 0.863. The van der Waals surface area contributed by atoms with Gasteiger partial charge in [0.1, 0.15) is 12.2 Å². The summed E-state index contributed by atoms with van der Waals surface area (Å²) in [5.41, 5.74) is 0.917. The predicted octanol–water partition coefficient (Wildman–Crippen LogP) is 1.69. The SMILES string of the molecule is C.O=C(O)CNC(=O)c1ccc2ccccc2n1. The van der Waals surface area contributed by atoms with E-state index in [1.165, 1.54) is 0 Å². The number of amides is 1. The van der Waals surface area contributed by atoms with Crippen LogP contribution in [0.15, 0.2) is 36.4 Å². The average Bonchev–Trinajstić information content (AvgIpc) is 2.35. The summed E-state index contributed by atoms with van der Waals surface area (Å²) in [4.78, 5) is 26.0. The Kier molecular flexibility index (Phi) is 4.37. The molecule has 5 nitrogen and oxygen atoms in total. The number of carbonyl (C=O) groups excluding carboxylic acids is 1. The van der Waals surface area contributed by atoms with E-state index < -0.39 is 18.4 Å². The van der Waals surface area contributed by atoms with Gasteiger partial charge in [0.15, 0.2) is 0 Å². The van der Waals surface area contributed by atoms with Gasteiger partial charge in [-0.1, -0.05) is 31.7 Å². The Labute approximate surface area is 104 Å². The second-order valence-electron chi connectivity index (χ2n) is 3.47. The van der Waals surface area contributed by atoms with Crippen molar-refractivity contribution in [1.29, 1.82) is 0 Å². The highest BCUT2D eigenvalue weighted by molar-refractivity contribution is 5.96. The van der Waals surface area contributed by atoms with Crippen molar-refractivity contribution in [1.82, 2.24) is 10.3 Å². The lowest BCUT2D eigenvalue weighted by atomic mass is 10.2. The van der Waals surface area contributed by atoms with Crippen molar-refractivity contribution in [3.8, 4) is 0 Å². The average molecular weight is 246 g/mol. The van der Waals surface area contributed by atoms with Gasteiger partial charge in [0.2, 0.25) is 0 Å². The van der Waals surface area contributed by atoms with E-state index in [-0.39, 0.29) is 13.1 Å². The van der Waals surface area contributed by atoms with Crippen LogP contribution < -0.4 is 5.32 Å². The molecule has 1 aromatic heterocycles. The Morgan fingerprint density at radius 2 is 1.89 bits per heavy atom. The zero-order valence-corrected chi connectivity index (χ0v) is 8.88. The molecular weight excluding hydrogens is 232 g/mol. The van der Waals surface area contributed by atoms with Crippen LogP contribution in [0.3, 0.4) is 0 Å². The number of hydrogen-bond acceptors (Lipinski definition) is 3. The van der Waals surface area contributed by atoms with Gasteiger partial charge in [0, 0.05) is 5.39 Å². The number of nitrogens with one attached hydrogen (secondary N) is 1. The summed E-state index contributed by atoms with van der Waals surface area (Å²) >= 11 is 0. The largest absolute Gasteiger partial charge is 0.480 e. The monoisotopic (exact) mass is 246 g/mol.